The lowest BCUT2D eigenvalue weighted by Crippen LogP contribution is -2.65. The molecule has 6 nitrogen and oxygen atoms in total. The van der Waals surface area contributed by atoms with Gasteiger partial charge in [-0.05, 0) is 33.1 Å². The molecule has 0 saturated heterocycles. The zero-order valence-corrected chi connectivity index (χ0v) is 17.9. The Morgan fingerprint density at radius 1 is 1.21 bits per heavy atom. The van der Waals surface area contributed by atoms with Crippen molar-refractivity contribution in [3.05, 3.63) is 23.6 Å². The van der Waals surface area contributed by atoms with E-state index in [0.29, 0.717) is 24.4 Å². The van der Waals surface area contributed by atoms with Crippen molar-refractivity contribution < 1.29 is 14.0 Å². The summed E-state index contributed by atoms with van der Waals surface area (Å²) < 4.78 is 7.72. The van der Waals surface area contributed by atoms with Crippen molar-refractivity contribution in [2.45, 2.75) is 90.3 Å². The van der Waals surface area contributed by atoms with Gasteiger partial charge in [-0.2, -0.15) is 0 Å². The largest absolute Gasteiger partial charge is 0.460 e. The topological polar surface area (TPSA) is 67.5 Å². The number of amides is 2. The molecule has 29 heavy (non-hydrogen) atoms. The number of rotatable bonds is 4. The van der Waals surface area contributed by atoms with Crippen LogP contribution < -0.4 is 5.32 Å². The van der Waals surface area contributed by atoms with Crippen molar-refractivity contribution in [2.24, 2.45) is 0 Å². The van der Waals surface area contributed by atoms with Crippen LogP contribution in [0.15, 0.2) is 16.5 Å². The maximum Gasteiger partial charge on any atom is 0.271 e. The monoisotopic (exact) mass is 399 g/mol. The van der Waals surface area contributed by atoms with E-state index >= 15 is 0 Å². The van der Waals surface area contributed by atoms with Gasteiger partial charge in [0.1, 0.15) is 17.0 Å². The van der Waals surface area contributed by atoms with E-state index in [9.17, 15) is 9.59 Å². The fourth-order valence-corrected chi connectivity index (χ4v) is 4.98. The molecule has 4 rings (SSSR count). The van der Waals surface area contributed by atoms with Crippen LogP contribution in [0.2, 0.25) is 0 Å². The molecule has 0 aromatic carbocycles. The molecule has 158 valence electrons. The highest BCUT2D eigenvalue weighted by Crippen LogP contribution is 2.34. The minimum absolute atomic E-state index is 0.0300. The number of hydrogen-bond acceptors (Lipinski definition) is 3. The van der Waals surface area contributed by atoms with Crippen LogP contribution in [0, 0.1) is 6.92 Å². The van der Waals surface area contributed by atoms with Gasteiger partial charge in [0.25, 0.3) is 5.91 Å². The van der Waals surface area contributed by atoms with Crippen LogP contribution >= 0.6 is 0 Å². The average Bonchev–Trinajstić information content (AvgIpc) is 3.17. The van der Waals surface area contributed by atoms with Crippen molar-refractivity contribution in [1.29, 1.82) is 0 Å². The van der Waals surface area contributed by atoms with E-state index in [1.165, 1.54) is 19.3 Å². The summed E-state index contributed by atoms with van der Waals surface area (Å²) in [7, 11) is 0. The predicted molar refractivity (Wildman–Crippen MR) is 113 cm³/mol. The quantitative estimate of drug-likeness (QED) is 0.829. The van der Waals surface area contributed by atoms with E-state index in [2.05, 4.69) is 5.32 Å². The van der Waals surface area contributed by atoms with Gasteiger partial charge in [0.2, 0.25) is 5.91 Å². The average molecular weight is 400 g/mol. The van der Waals surface area contributed by atoms with E-state index in [1.807, 2.05) is 37.5 Å². The highest BCUT2D eigenvalue weighted by atomic mass is 16.3. The number of fused-ring (bicyclic) bond motifs is 3. The van der Waals surface area contributed by atoms with Gasteiger partial charge in [-0.3, -0.25) is 9.59 Å². The van der Waals surface area contributed by atoms with Crippen molar-refractivity contribution in [3.8, 4) is 0 Å². The van der Waals surface area contributed by atoms with Crippen LogP contribution in [-0.4, -0.2) is 39.4 Å². The molecule has 3 heterocycles. The molecular formula is C23H33N3O3. The van der Waals surface area contributed by atoms with E-state index < -0.39 is 5.54 Å². The molecule has 0 radical (unpaired) electrons. The van der Waals surface area contributed by atoms with Crippen LogP contribution in [-0.2, 0) is 11.3 Å². The third-order valence-corrected chi connectivity index (χ3v) is 6.62. The minimum atomic E-state index is -0.903. The van der Waals surface area contributed by atoms with Gasteiger partial charge >= 0.3 is 0 Å². The van der Waals surface area contributed by atoms with Crippen LogP contribution in [0.25, 0.3) is 11.1 Å². The Labute approximate surface area is 172 Å². The molecule has 2 amide bonds. The summed E-state index contributed by atoms with van der Waals surface area (Å²) >= 11 is 0. The fraction of sp³-hybridized carbons (Fsp3) is 0.652. The van der Waals surface area contributed by atoms with Gasteiger partial charge in [0.05, 0.1) is 12.1 Å². The zero-order valence-electron chi connectivity index (χ0n) is 17.9. The molecule has 1 aliphatic carbocycles. The number of carbonyl (C=O) groups is 2. The first kappa shape index (κ1) is 20.0. The molecule has 1 fully saturated rings. The Morgan fingerprint density at radius 3 is 2.59 bits per heavy atom. The maximum absolute atomic E-state index is 13.5. The van der Waals surface area contributed by atoms with Crippen molar-refractivity contribution in [2.75, 3.05) is 6.54 Å². The van der Waals surface area contributed by atoms with Crippen LogP contribution in [0.4, 0.5) is 0 Å². The Balaban J connectivity index is 1.65. The summed E-state index contributed by atoms with van der Waals surface area (Å²) in [6, 6.07) is 3.98. The van der Waals surface area contributed by atoms with E-state index in [4.69, 9.17) is 4.42 Å². The summed E-state index contributed by atoms with van der Waals surface area (Å²) in [6.07, 6.45) is 8.99. The first-order chi connectivity index (χ1) is 13.9. The molecule has 0 bridgehead atoms. The number of nitrogens with zero attached hydrogens (tertiary/aromatic N) is 2. The van der Waals surface area contributed by atoms with Crippen LogP contribution in [0.5, 0.6) is 0 Å². The Morgan fingerprint density at radius 2 is 1.90 bits per heavy atom. The number of aromatic nitrogens is 1. The molecule has 1 atom stereocenters. The summed E-state index contributed by atoms with van der Waals surface area (Å²) in [5.74, 6) is 0.699. The fourth-order valence-electron chi connectivity index (χ4n) is 4.98. The molecule has 2 aliphatic rings. The molecule has 1 unspecified atom stereocenters. The van der Waals surface area contributed by atoms with Crippen LogP contribution in [0.3, 0.4) is 0 Å². The summed E-state index contributed by atoms with van der Waals surface area (Å²) in [6.45, 7) is 6.89. The van der Waals surface area contributed by atoms with Crippen molar-refractivity contribution in [3.63, 3.8) is 0 Å². The number of furan rings is 1. The van der Waals surface area contributed by atoms with Gasteiger partial charge in [0.15, 0.2) is 5.58 Å². The third-order valence-electron chi connectivity index (χ3n) is 6.62. The van der Waals surface area contributed by atoms with Gasteiger partial charge in [0, 0.05) is 24.7 Å². The van der Waals surface area contributed by atoms with E-state index in [0.717, 1.165) is 43.4 Å². The molecular weight excluding hydrogens is 366 g/mol. The first-order valence-corrected chi connectivity index (χ1v) is 11.2. The second-order valence-electron chi connectivity index (χ2n) is 8.97. The van der Waals surface area contributed by atoms with E-state index in [-0.39, 0.29) is 17.9 Å². The second-order valence-corrected chi connectivity index (χ2v) is 8.97. The van der Waals surface area contributed by atoms with Crippen molar-refractivity contribution >= 4 is 22.9 Å². The highest BCUT2D eigenvalue weighted by Gasteiger charge is 2.48. The molecule has 6 heteroatoms. The van der Waals surface area contributed by atoms with Gasteiger partial charge < -0.3 is 19.2 Å². The normalized spacial score (nSPS) is 23.7. The standard InChI is InChI=1S/C23H33N3O3/c1-4-12-26-21(27)19-14-20-18(13-16(2)29-20)25(19)15-23(26,3)22(28)24-17-10-8-6-5-7-9-11-17/h13-14,17H,4-12,15H2,1-3H3,(H,24,28). The van der Waals surface area contributed by atoms with Gasteiger partial charge in [-0.25, -0.2) is 0 Å². The minimum Gasteiger partial charge on any atom is -0.460 e. The zero-order chi connectivity index (χ0) is 20.6. The number of hydrogen-bond donors (Lipinski definition) is 1. The Bertz CT molecular complexity index is 904. The molecule has 1 aliphatic heterocycles. The molecule has 1 N–H and O–H groups in total. The van der Waals surface area contributed by atoms with Gasteiger partial charge in [-0.1, -0.05) is 39.0 Å². The maximum atomic E-state index is 13.5. The SMILES string of the molecule is CCCN1C(=O)c2cc3oc(C)cc3n2CC1(C)C(=O)NC1CCCCCCC1. The van der Waals surface area contributed by atoms with Gasteiger partial charge in [-0.15, -0.1) is 0 Å². The Kier molecular flexibility index (Phi) is 5.45. The Hall–Kier alpha value is -2.24. The van der Waals surface area contributed by atoms with E-state index in [1.54, 1.807) is 4.90 Å². The number of aryl methyl sites for hydroxylation is 1. The predicted octanol–water partition coefficient (Wildman–Crippen LogP) is 4.40. The lowest BCUT2D eigenvalue weighted by molar-refractivity contribution is -0.133. The molecule has 2 aromatic heterocycles. The smallest absolute Gasteiger partial charge is 0.271 e. The lowest BCUT2D eigenvalue weighted by atomic mass is 9.92. The summed E-state index contributed by atoms with van der Waals surface area (Å²) in [4.78, 5) is 28.7. The highest BCUT2D eigenvalue weighted by molar-refractivity contribution is 6.03. The van der Waals surface area contributed by atoms with Crippen LogP contribution in [0.1, 0.15) is 81.5 Å². The number of carbonyl (C=O) groups excluding carboxylic acids is 2. The molecule has 1 saturated carbocycles. The third kappa shape index (κ3) is 3.58. The molecule has 2 aromatic rings. The summed E-state index contributed by atoms with van der Waals surface area (Å²) in [5.41, 5.74) is 1.32. The van der Waals surface area contributed by atoms with Crippen molar-refractivity contribution in [1.82, 2.24) is 14.8 Å². The number of nitrogens with one attached hydrogen (secondary N) is 1. The lowest BCUT2D eigenvalue weighted by Gasteiger charge is -2.44. The second kappa shape index (κ2) is 7.88. The first-order valence-electron chi connectivity index (χ1n) is 11.2. The molecule has 0 spiro atoms. The summed E-state index contributed by atoms with van der Waals surface area (Å²) in [5, 5.41) is 3.31.